The zero-order valence-corrected chi connectivity index (χ0v) is 10.7. The first-order valence-corrected chi connectivity index (χ1v) is 7.31. The molecule has 0 spiro atoms. The van der Waals surface area contributed by atoms with Crippen LogP contribution in [0.4, 0.5) is 0 Å². The van der Waals surface area contributed by atoms with E-state index in [0.29, 0.717) is 0 Å². The summed E-state index contributed by atoms with van der Waals surface area (Å²) in [6.07, 6.45) is 5.41. The number of rotatable bonds is 5. The number of amides is 1. The second kappa shape index (κ2) is 7.01. The van der Waals surface area contributed by atoms with Gasteiger partial charge < -0.3 is 10.1 Å². The van der Waals surface area contributed by atoms with Crippen LogP contribution in [0.2, 0.25) is 6.04 Å². The minimum absolute atomic E-state index is 0.231. The maximum absolute atomic E-state index is 11.7. The van der Waals surface area contributed by atoms with E-state index in [9.17, 15) is 4.79 Å². The Balaban J connectivity index is 2.11. The third-order valence-corrected chi connectivity index (χ3v) is 3.86. The van der Waals surface area contributed by atoms with Crippen LogP contribution in [-0.2, 0) is 4.79 Å². The van der Waals surface area contributed by atoms with Gasteiger partial charge in [-0.15, -0.1) is 9.76 Å². The maximum Gasteiger partial charge on any atom is 0.223 e. The lowest BCUT2D eigenvalue weighted by atomic mass is 9.82. The van der Waals surface area contributed by atoms with Gasteiger partial charge in [0.1, 0.15) is 0 Å². The lowest BCUT2D eigenvalue weighted by Gasteiger charge is -2.25. The highest BCUT2D eigenvalue weighted by Crippen LogP contribution is 2.28. The highest BCUT2D eigenvalue weighted by atomic mass is 28.2. The summed E-state index contributed by atoms with van der Waals surface area (Å²) in [4.78, 5) is 20.4. The molecule has 0 atom stereocenters. The van der Waals surface area contributed by atoms with Crippen LogP contribution in [0.25, 0.3) is 0 Å². The van der Waals surface area contributed by atoms with Gasteiger partial charge in [0.25, 0.3) is 0 Å². The number of hydrogen-bond donors (Lipinski definition) is 2. The van der Waals surface area contributed by atoms with E-state index < -0.39 is 9.76 Å². The molecule has 1 amide bonds. The largest absolute Gasteiger partial charge is 0.605 e. The molecule has 1 aliphatic carbocycles. The van der Waals surface area contributed by atoms with Crippen LogP contribution in [0.15, 0.2) is 0 Å². The Hall–Kier alpha value is -0.353. The van der Waals surface area contributed by atoms with Gasteiger partial charge in [-0.3, -0.25) is 4.79 Å². The zero-order chi connectivity index (χ0) is 11.1. The Kier molecular flexibility index (Phi) is 5.94. The van der Waals surface area contributed by atoms with Crippen molar-refractivity contribution < 1.29 is 9.59 Å². The van der Waals surface area contributed by atoms with E-state index in [2.05, 4.69) is 12.2 Å². The standard InChI is InChI=1S/C11H22NO2Si/c1-9-3-5-10(6-4-9)11(13)12-7-2-8-15-14/h9-10,14-15H,2-8H2,1H3,(H,12,13)/q-1. The fraction of sp³-hybridized carbons (Fsp3) is 0.909. The summed E-state index contributed by atoms with van der Waals surface area (Å²) in [7, 11) is -0.400. The third-order valence-electron chi connectivity index (χ3n) is 3.20. The van der Waals surface area contributed by atoms with Crippen LogP contribution in [0.3, 0.4) is 0 Å². The van der Waals surface area contributed by atoms with Gasteiger partial charge in [0.15, 0.2) is 0 Å². The van der Waals surface area contributed by atoms with Crippen LogP contribution in [0.5, 0.6) is 0 Å². The molecule has 1 saturated carbocycles. The summed E-state index contributed by atoms with van der Waals surface area (Å²) in [5.41, 5.74) is 0. The van der Waals surface area contributed by atoms with Gasteiger partial charge in [-0.05, 0) is 31.6 Å². The molecule has 4 heteroatoms. The van der Waals surface area contributed by atoms with Crippen molar-refractivity contribution in [2.24, 2.45) is 11.8 Å². The Morgan fingerprint density at radius 1 is 1.40 bits per heavy atom. The molecule has 1 fully saturated rings. The van der Waals surface area contributed by atoms with Crippen LogP contribution in [-0.4, -0.2) is 27.0 Å². The van der Waals surface area contributed by atoms with Crippen LogP contribution >= 0.6 is 0 Å². The molecule has 15 heavy (non-hydrogen) atoms. The topological polar surface area (TPSA) is 49.3 Å². The molecule has 0 heterocycles. The smallest absolute Gasteiger partial charge is 0.223 e. The van der Waals surface area contributed by atoms with Gasteiger partial charge in [-0.25, -0.2) is 0 Å². The SMILES string of the molecule is CC1CCC(C(=O)NCCC[SiH-]O)CC1. The average Bonchev–Trinajstić information content (AvgIpc) is 2.25. The third kappa shape index (κ3) is 4.80. The molecule has 1 rings (SSSR count). The molecule has 0 aromatic rings. The number of carbonyl (C=O) groups excluding carboxylic acids is 1. The summed E-state index contributed by atoms with van der Waals surface area (Å²) in [5.74, 6) is 1.28. The van der Waals surface area contributed by atoms with Crippen molar-refractivity contribution in [3.63, 3.8) is 0 Å². The zero-order valence-electron chi connectivity index (χ0n) is 9.54. The van der Waals surface area contributed by atoms with Crippen molar-refractivity contribution in [2.45, 2.75) is 45.1 Å². The predicted octanol–water partition coefficient (Wildman–Crippen LogP) is 1.08. The lowest BCUT2D eigenvalue weighted by molar-refractivity contribution is -0.126. The second-order valence-electron chi connectivity index (χ2n) is 4.57. The monoisotopic (exact) mass is 228 g/mol. The van der Waals surface area contributed by atoms with Crippen molar-refractivity contribution >= 4 is 15.7 Å². The van der Waals surface area contributed by atoms with E-state index in [-0.39, 0.29) is 11.8 Å². The molecular weight excluding hydrogens is 206 g/mol. The molecule has 0 unspecified atom stereocenters. The highest BCUT2D eigenvalue weighted by Gasteiger charge is 2.23. The van der Waals surface area contributed by atoms with Crippen LogP contribution < -0.4 is 5.32 Å². The fourth-order valence-corrected chi connectivity index (χ4v) is 2.46. The molecule has 0 aromatic carbocycles. The quantitative estimate of drug-likeness (QED) is 0.546. The normalized spacial score (nSPS) is 26.3. The van der Waals surface area contributed by atoms with E-state index in [4.69, 9.17) is 4.80 Å². The Morgan fingerprint density at radius 3 is 2.67 bits per heavy atom. The second-order valence-corrected chi connectivity index (χ2v) is 5.52. The van der Waals surface area contributed by atoms with E-state index in [1.54, 1.807) is 0 Å². The van der Waals surface area contributed by atoms with Crippen molar-refractivity contribution in [3.05, 3.63) is 0 Å². The number of carbonyl (C=O) groups is 1. The summed E-state index contributed by atoms with van der Waals surface area (Å²) >= 11 is 0. The summed E-state index contributed by atoms with van der Waals surface area (Å²) in [6, 6.07) is 0.863. The van der Waals surface area contributed by atoms with Crippen LogP contribution in [0, 0.1) is 11.8 Å². The van der Waals surface area contributed by atoms with E-state index in [0.717, 1.165) is 37.8 Å². The molecule has 88 valence electrons. The molecule has 0 aliphatic heterocycles. The van der Waals surface area contributed by atoms with E-state index in [1.165, 1.54) is 12.8 Å². The Labute approximate surface area is 94.6 Å². The molecule has 3 nitrogen and oxygen atoms in total. The van der Waals surface area contributed by atoms with Crippen molar-refractivity contribution in [2.75, 3.05) is 6.54 Å². The Bertz CT molecular complexity index is 191. The number of hydrogen-bond acceptors (Lipinski definition) is 2. The highest BCUT2D eigenvalue weighted by molar-refractivity contribution is 6.25. The van der Waals surface area contributed by atoms with E-state index >= 15 is 0 Å². The lowest BCUT2D eigenvalue weighted by Crippen LogP contribution is -2.33. The van der Waals surface area contributed by atoms with Gasteiger partial charge in [0.05, 0.1) is 0 Å². The predicted molar refractivity (Wildman–Crippen MR) is 62.9 cm³/mol. The van der Waals surface area contributed by atoms with Gasteiger partial charge in [-0.1, -0.05) is 13.3 Å². The van der Waals surface area contributed by atoms with Gasteiger partial charge >= 0.3 is 0 Å². The van der Waals surface area contributed by atoms with Gasteiger partial charge in [-0.2, -0.15) is 6.04 Å². The molecule has 0 bridgehead atoms. The minimum atomic E-state index is -0.400. The minimum Gasteiger partial charge on any atom is -0.605 e. The van der Waals surface area contributed by atoms with E-state index in [1.807, 2.05) is 0 Å². The number of nitrogens with one attached hydrogen (secondary N) is 1. The van der Waals surface area contributed by atoms with Gasteiger partial charge in [0, 0.05) is 12.5 Å². The molecule has 1 aliphatic rings. The average molecular weight is 228 g/mol. The Morgan fingerprint density at radius 2 is 2.07 bits per heavy atom. The molecule has 0 radical (unpaired) electrons. The first-order valence-electron chi connectivity index (χ1n) is 5.97. The van der Waals surface area contributed by atoms with Gasteiger partial charge in [0.2, 0.25) is 5.91 Å². The molecular formula is C11H22NO2Si-. The first-order chi connectivity index (χ1) is 7.24. The summed E-state index contributed by atoms with van der Waals surface area (Å²) in [5, 5.41) is 2.97. The molecule has 0 aromatic heterocycles. The molecule has 0 saturated heterocycles. The fourth-order valence-electron chi connectivity index (χ4n) is 2.07. The first kappa shape index (κ1) is 12.7. The summed E-state index contributed by atoms with van der Waals surface area (Å²) in [6.45, 7) is 3.00. The molecule has 2 N–H and O–H groups in total. The van der Waals surface area contributed by atoms with Crippen molar-refractivity contribution in [1.82, 2.24) is 5.32 Å². The van der Waals surface area contributed by atoms with Crippen molar-refractivity contribution in [3.8, 4) is 0 Å². The van der Waals surface area contributed by atoms with Crippen molar-refractivity contribution in [1.29, 1.82) is 0 Å². The van der Waals surface area contributed by atoms with Crippen LogP contribution in [0.1, 0.15) is 39.0 Å². The summed E-state index contributed by atoms with van der Waals surface area (Å²) < 4.78 is 0. The maximum atomic E-state index is 11.7.